The molecule has 0 radical (unpaired) electrons. The fraction of sp³-hybridized carbons (Fsp3) is 0.278. The van der Waals surface area contributed by atoms with Crippen LogP contribution < -0.4 is 14.2 Å². The molecule has 0 fully saturated rings. The molecule has 27 heavy (non-hydrogen) atoms. The minimum absolute atomic E-state index is 0.0697. The number of nitro benzene ring substituents is 1. The fourth-order valence-corrected chi connectivity index (χ4v) is 2.76. The lowest BCUT2D eigenvalue weighted by Crippen LogP contribution is -2.43. The molecule has 0 spiro atoms. The van der Waals surface area contributed by atoms with E-state index in [4.69, 9.17) is 25.8 Å². The van der Waals surface area contributed by atoms with E-state index >= 15 is 0 Å². The quantitative estimate of drug-likeness (QED) is 0.554. The zero-order chi connectivity index (χ0) is 19.4. The summed E-state index contributed by atoms with van der Waals surface area (Å²) in [5.41, 5.74) is -0.148. The standard InChI is InChI=1S/C18H17ClN2O6/c1-20(9-13-10-25-16-4-2-3-5-17(16)27-13)18(22)11-26-15-7-6-12(21(23)24)8-14(15)19/h2-8,13H,9-11H2,1H3/t13-/m0/s1. The number of halogens is 1. The lowest BCUT2D eigenvalue weighted by Gasteiger charge is -2.29. The Labute approximate surface area is 160 Å². The zero-order valence-corrected chi connectivity index (χ0v) is 15.2. The number of benzene rings is 2. The van der Waals surface area contributed by atoms with Crippen LogP contribution in [0.3, 0.4) is 0 Å². The van der Waals surface area contributed by atoms with Crippen LogP contribution in [0.25, 0.3) is 0 Å². The number of rotatable bonds is 6. The molecule has 9 heteroatoms. The van der Waals surface area contributed by atoms with E-state index in [1.165, 1.54) is 23.1 Å². The molecule has 0 bridgehead atoms. The second kappa shape index (κ2) is 8.13. The summed E-state index contributed by atoms with van der Waals surface area (Å²) in [6.45, 7) is 0.409. The van der Waals surface area contributed by atoms with E-state index in [1.54, 1.807) is 7.05 Å². The molecule has 1 aliphatic heterocycles. The van der Waals surface area contributed by atoms with Gasteiger partial charge in [-0.3, -0.25) is 14.9 Å². The average molecular weight is 393 g/mol. The third-order valence-electron chi connectivity index (χ3n) is 3.95. The van der Waals surface area contributed by atoms with E-state index in [9.17, 15) is 14.9 Å². The maximum Gasteiger partial charge on any atom is 0.271 e. The molecule has 0 aromatic heterocycles. The molecule has 1 atom stereocenters. The summed E-state index contributed by atoms with van der Waals surface area (Å²) < 4.78 is 16.8. The van der Waals surface area contributed by atoms with Gasteiger partial charge < -0.3 is 19.1 Å². The highest BCUT2D eigenvalue weighted by molar-refractivity contribution is 6.32. The summed E-state index contributed by atoms with van der Waals surface area (Å²) in [6.07, 6.45) is -0.295. The lowest BCUT2D eigenvalue weighted by molar-refractivity contribution is -0.384. The Morgan fingerprint density at radius 2 is 2.07 bits per heavy atom. The van der Waals surface area contributed by atoms with Gasteiger partial charge in [0.1, 0.15) is 12.4 Å². The molecule has 8 nitrogen and oxygen atoms in total. The summed E-state index contributed by atoms with van der Waals surface area (Å²) in [6, 6.07) is 11.1. The third kappa shape index (κ3) is 4.59. The monoisotopic (exact) mass is 392 g/mol. The SMILES string of the molecule is CN(C[C@H]1COc2ccccc2O1)C(=O)COc1ccc([N+](=O)[O-])cc1Cl. The molecular weight excluding hydrogens is 376 g/mol. The minimum Gasteiger partial charge on any atom is -0.486 e. The number of para-hydroxylation sites is 2. The van der Waals surface area contributed by atoms with Crippen LogP contribution in [-0.4, -0.2) is 48.6 Å². The summed E-state index contributed by atoms with van der Waals surface area (Å²) in [5.74, 6) is 1.24. The van der Waals surface area contributed by atoms with Crippen LogP contribution in [0, 0.1) is 10.1 Å². The van der Waals surface area contributed by atoms with Crippen LogP contribution >= 0.6 is 11.6 Å². The van der Waals surface area contributed by atoms with Crippen LogP contribution in [0.5, 0.6) is 17.2 Å². The minimum atomic E-state index is -0.557. The number of ether oxygens (including phenoxy) is 3. The van der Waals surface area contributed by atoms with Gasteiger partial charge in [-0.25, -0.2) is 0 Å². The first-order valence-corrected chi connectivity index (χ1v) is 8.51. The first kappa shape index (κ1) is 18.8. The van der Waals surface area contributed by atoms with Gasteiger partial charge in [-0.15, -0.1) is 0 Å². The van der Waals surface area contributed by atoms with Crippen LogP contribution in [0.2, 0.25) is 5.02 Å². The molecule has 3 rings (SSSR count). The van der Waals surface area contributed by atoms with Gasteiger partial charge in [0.15, 0.2) is 24.2 Å². The number of amides is 1. The van der Waals surface area contributed by atoms with E-state index in [-0.39, 0.29) is 35.1 Å². The Balaban J connectivity index is 1.52. The van der Waals surface area contributed by atoms with Gasteiger partial charge in [0.2, 0.25) is 0 Å². The summed E-state index contributed by atoms with van der Waals surface area (Å²) in [4.78, 5) is 23.9. The largest absolute Gasteiger partial charge is 0.486 e. The number of hydrogen-bond donors (Lipinski definition) is 0. The first-order valence-electron chi connectivity index (χ1n) is 8.13. The molecule has 0 aliphatic carbocycles. The van der Waals surface area contributed by atoms with Gasteiger partial charge in [-0.1, -0.05) is 23.7 Å². The molecule has 1 aliphatic rings. The second-order valence-corrected chi connectivity index (χ2v) is 6.34. The number of nitro groups is 1. The highest BCUT2D eigenvalue weighted by atomic mass is 35.5. The Kier molecular flexibility index (Phi) is 5.66. The summed E-state index contributed by atoms with van der Waals surface area (Å²) in [5, 5.41) is 10.8. The Hall–Kier alpha value is -3.00. The van der Waals surface area contributed by atoms with Gasteiger partial charge in [0.05, 0.1) is 16.5 Å². The van der Waals surface area contributed by atoms with Crippen molar-refractivity contribution in [2.24, 2.45) is 0 Å². The number of likely N-dealkylation sites (N-methyl/N-ethyl adjacent to an activating group) is 1. The smallest absolute Gasteiger partial charge is 0.271 e. The van der Waals surface area contributed by atoms with Gasteiger partial charge in [-0.05, 0) is 18.2 Å². The second-order valence-electron chi connectivity index (χ2n) is 5.93. The van der Waals surface area contributed by atoms with E-state index in [2.05, 4.69) is 0 Å². The zero-order valence-electron chi connectivity index (χ0n) is 14.5. The molecule has 1 heterocycles. The van der Waals surface area contributed by atoms with Gasteiger partial charge in [0.25, 0.3) is 11.6 Å². The van der Waals surface area contributed by atoms with E-state index < -0.39 is 4.92 Å². The Morgan fingerprint density at radius 1 is 1.33 bits per heavy atom. The van der Waals surface area contributed by atoms with Crippen molar-refractivity contribution in [2.75, 3.05) is 26.8 Å². The van der Waals surface area contributed by atoms with Crippen molar-refractivity contribution in [1.82, 2.24) is 4.90 Å². The number of fused-ring (bicyclic) bond motifs is 1. The average Bonchev–Trinajstić information content (AvgIpc) is 2.66. The Morgan fingerprint density at radius 3 is 2.78 bits per heavy atom. The number of non-ortho nitro benzene ring substituents is 1. The molecule has 0 unspecified atom stereocenters. The molecule has 0 saturated carbocycles. The molecule has 2 aromatic rings. The first-order chi connectivity index (χ1) is 12.9. The molecule has 1 amide bonds. The Bertz CT molecular complexity index is 859. The highest BCUT2D eigenvalue weighted by Gasteiger charge is 2.24. The van der Waals surface area contributed by atoms with Crippen molar-refractivity contribution < 1.29 is 23.9 Å². The molecule has 0 saturated heterocycles. The van der Waals surface area contributed by atoms with E-state index in [0.717, 1.165) is 0 Å². The summed E-state index contributed by atoms with van der Waals surface area (Å²) in [7, 11) is 1.63. The van der Waals surface area contributed by atoms with Crippen molar-refractivity contribution in [3.05, 3.63) is 57.6 Å². The van der Waals surface area contributed by atoms with Gasteiger partial charge in [-0.2, -0.15) is 0 Å². The van der Waals surface area contributed by atoms with Crippen molar-refractivity contribution in [2.45, 2.75) is 6.10 Å². The van der Waals surface area contributed by atoms with Crippen LogP contribution in [0.15, 0.2) is 42.5 Å². The van der Waals surface area contributed by atoms with Gasteiger partial charge in [0, 0.05) is 19.2 Å². The molecule has 2 aromatic carbocycles. The highest BCUT2D eigenvalue weighted by Crippen LogP contribution is 2.31. The molecular formula is C18H17ClN2O6. The van der Waals surface area contributed by atoms with Crippen molar-refractivity contribution in [1.29, 1.82) is 0 Å². The topological polar surface area (TPSA) is 91.1 Å². The fourth-order valence-electron chi connectivity index (χ4n) is 2.53. The predicted octanol–water partition coefficient (Wildman–Crippen LogP) is 2.93. The molecule has 0 N–H and O–H groups in total. The van der Waals surface area contributed by atoms with Crippen LogP contribution in [-0.2, 0) is 4.79 Å². The van der Waals surface area contributed by atoms with E-state index in [0.29, 0.717) is 24.7 Å². The van der Waals surface area contributed by atoms with Crippen molar-refractivity contribution >= 4 is 23.2 Å². The van der Waals surface area contributed by atoms with Crippen molar-refractivity contribution in [3.63, 3.8) is 0 Å². The summed E-state index contributed by atoms with van der Waals surface area (Å²) >= 11 is 5.95. The van der Waals surface area contributed by atoms with Gasteiger partial charge >= 0.3 is 0 Å². The van der Waals surface area contributed by atoms with Crippen LogP contribution in [0.1, 0.15) is 0 Å². The molecule has 142 valence electrons. The maximum atomic E-state index is 12.3. The number of hydrogen-bond acceptors (Lipinski definition) is 6. The van der Waals surface area contributed by atoms with E-state index in [1.807, 2.05) is 24.3 Å². The number of nitrogens with zero attached hydrogens (tertiary/aromatic N) is 2. The normalized spacial score (nSPS) is 15.1. The number of carbonyl (C=O) groups excluding carboxylic acids is 1. The van der Waals surface area contributed by atoms with Crippen molar-refractivity contribution in [3.8, 4) is 17.2 Å². The third-order valence-corrected chi connectivity index (χ3v) is 4.24. The lowest BCUT2D eigenvalue weighted by atomic mass is 10.2. The number of carbonyl (C=O) groups is 1. The van der Waals surface area contributed by atoms with Crippen LogP contribution in [0.4, 0.5) is 5.69 Å². The predicted molar refractivity (Wildman–Crippen MR) is 97.6 cm³/mol. The maximum absolute atomic E-state index is 12.3.